The highest BCUT2D eigenvalue weighted by atomic mass is 32.2. The number of rotatable bonds is 6. The Labute approximate surface area is 209 Å². The number of fused-ring (bicyclic) bond motifs is 1. The van der Waals surface area contributed by atoms with Gasteiger partial charge in [-0.2, -0.15) is 4.98 Å². The largest absolute Gasteiger partial charge is 0.286 e. The average molecular weight is 511 g/mol. The monoisotopic (exact) mass is 510 g/mol. The maximum Gasteiger partial charge on any atom is 0.256 e. The van der Waals surface area contributed by atoms with Crippen LogP contribution in [-0.2, 0) is 16.4 Å². The van der Waals surface area contributed by atoms with Gasteiger partial charge in [0.1, 0.15) is 13.7 Å². The molecule has 0 saturated heterocycles. The van der Waals surface area contributed by atoms with Gasteiger partial charge >= 0.3 is 0 Å². The van der Waals surface area contributed by atoms with E-state index in [0.717, 1.165) is 6.26 Å². The molecule has 0 N–H and O–H groups in total. The summed E-state index contributed by atoms with van der Waals surface area (Å²) in [5.74, 6) is 3.38. The van der Waals surface area contributed by atoms with Crippen molar-refractivity contribution in [1.82, 2.24) is 19.5 Å². The standard InChI is InChI=1S/C26H34N4O3SSi/c1-17(2)35(18(3)4,19(5)6)14-12-22-20(7)25(31)30(16-21-11-9-10-13-27-21)24-23(22)15-28-26(29-24)34(8,32)33/h9-11,13,15,17-19H,16H2,1-8H3. The smallest absolute Gasteiger partial charge is 0.256 e. The molecule has 0 atom stereocenters. The molecule has 0 saturated carbocycles. The van der Waals surface area contributed by atoms with Crippen molar-refractivity contribution < 1.29 is 8.42 Å². The van der Waals surface area contributed by atoms with Crippen LogP contribution in [0.5, 0.6) is 0 Å². The predicted octanol–water partition coefficient (Wildman–Crippen LogP) is 4.52. The molecule has 9 heteroatoms. The van der Waals surface area contributed by atoms with Crippen molar-refractivity contribution in [2.75, 3.05) is 6.26 Å². The third kappa shape index (κ3) is 5.09. The van der Waals surface area contributed by atoms with Gasteiger partial charge in [-0.1, -0.05) is 53.5 Å². The Bertz CT molecular complexity index is 1450. The molecule has 3 aromatic heterocycles. The Balaban J connectivity index is 2.39. The summed E-state index contributed by atoms with van der Waals surface area (Å²) in [5.41, 5.74) is 6.68. The number of hydrogen-bond donors (Lipinski definition) is 0. The lowest BCUT2D eigenvalue weighted by molar-refractivity contribution is 0.593. The zero-order chi connectivity index (χ0) is 26.1. The van der Waals surface area contributed by atoms with Gasteiger partial charge in [0.25, 0.3) is 5.56 Å². The summed E-state index contributed by atoms with van der Waals surface area (Å²) in [7, 11) is -5.74. The van der Waals surface area contributed by atoms with E-state index >= 15 is 0 Å². The second-order valence-corrected chi connectivity index (χ2v) is 17.5. The van der Waals surface area contributed by atoms with Crippen molar-refractivity contribution in [3.63, 3.8) is 0 Å². The van der Waals surface area contributed by atoms with E-state index in [-0.39, 0.29) is 22.9 Å². The van der Waals surface area contributed by atoms with E-state index in [1.54, 1.807) is 19.2 Å². The Morgan fingerprint density at radius 3 is 2.17 bits per heavy atom. The van der Waals surface area contributed by atoms with E-state index in [1.165, 1.54) is 10.8 Å². The Morgan fingerprint density at radius 1 is 1.03 bits per heavy atom. The zero-order valence-corrected chi connectivity index (χ0v) is 23.6. The molecule has 186 valence electrons. The van der Waals surface area contributed by atoms with Gasteiger partial charge in [0.2, 0.25) is 15.0 Å². The summed E-state index contributed by atoms with van der Waals surface area (Å²) < 4.78 is 25.9. The minimum absolute atomic E-state index is 0.160. The van der Waals surface area contributed by atoms with Crippen LogP contribution < -0.4 is 5.56 Å². The molecule has 3 aromatic rings. The molecule has 0 unspecified atom stereocenters. The van der Waals surface area contributed by atoms with Gasteiger partial charge < -0.3 is 0 Å². The number of nitrogens with zero attached hydrogens (tertiary/aromatic N) is 4. The van der Waals surface area contributed by atoms with Crippen molar-refractivity contribution in [2.24, 2.45) is 0 Å². The summed E-state index contributed by atoms with van der Waals surface area (Å²) >= 11 is 0. The van der Waals surface area contributed by atoms with E-state index < -0.39 is 17.9 Å². The first-order valence-electron chi connectivity index (χ1n) is 11.8. The highest BCUT2D eigenvalue weighted by molar-refractivity contribution is 7.90. The molecule has 3 heterocycles. The highest BCUT2D eigenvalue weighted by Gasteiger charge is 2.41. The molecule has 0 bridgehead atoms. The van der Waals surface area contributed by atoms with E-state index in [4.69, 9.17) is 0 Å². The van der Waals surface area contributed by atoms with Gasteiger partial charge in [-0.3, -0.25) is 14.3 Å². The number of aromatic nitrogens is 4. The van der Waals surface area contributed by atoms with Crippen molar-refractivity contribution >= 4 is 28.9 Å². The molecule has 0 amide bonds. The Morgan fingerprint density at radius 2 is 1.66 bits per heavy atom. The van der Waals surface area contributed by atoms with Gasteiger partial charge in [-0.15, -0.1) is 5.54 Å². The van der Waals surface area contributed by atoms with Crippen LogP contribution in [0.25, 0.3) is 11.0 Å². The molecule has 35 heavy (non-hydrogen) atoms. The predicted molar refractivity (Wildman–Crippen MR) is 143 cm³/mol. The highest BCUT2D eigenvalue weighted by Crippen LogP contribution is 2.41. The molecule has 0 aliphatic heterocycles. The molecule has 0 spiro atoms. The van der Waals surface area contributed by atoms with Gasteiger partial charge in [0.15, 0.2) is 0 Å². The molecule has 0 radical (unpaired) electrons. The molecule has 0 aromatic carbocycles. The molecule has 7 nitrogen and oxygen atoms in total. The van der Waals surface area contributed by atoms with Gasteiger partial charge in [-0.05, 0) is 35.7 Å². The minimum Gasteiger partial charge on any atom is -0.286 e. The Kier molecular flexibility index (Phi) is 7.67. The van der Waals surface area contributed by atoms with E-state index in [1.807, 2.05) is 12.1 Å². The third-order valence-electron chi connectivity index (χ3n) is 6.86. The molecule has 3 rings (SSSR count). The lowest BCUT2D eigenvalue weighted by atomic mass is 10.1. The number of hydrogen-bond acceptors (Lipinski definition) is 6. The van der Waals surface area contributed by atoms with Crippen LogP contribution in [0.2, 0.25) is 16.6 Å². The van der Waals surface area contributed by atoms with Gasteiger partial charge in [0.05, 0.1) is 17.6 Å². The molecular formula is C26H34N4O3SSi. The van der Waals surface area contributed by atoms with Crippen LogP contribution in [0.3, 0.4) is 0 Å². The molecular weight excluding hydrogens is 476 g/mol. The molecule has 0 aliphatic carbocycles. The fourth-order valence-corrected chi connectivity index (χ4v) is 10.8. The van der Waals surface area contributed by atoms with Crippen LogP contribution in [0.4, 0.5) is 0 Å². The number of sulfone groups is 1. The van der Waals surface area contributed by atoms with Crippen LogP contribution in [-0.4, -0.2) is 42.3 Å². The number of pyridine rings is 2. The van der Waals surface area contributed by atoms with Crippen molar-refractivity contribution in [3.05, 3.63) is 57.8 Å². The van der Waals surface area contributed by atoms with Gasteiger partial charge in [-0.25, -0.2) is 13.4 Å². The first-order chi connectivity index (χ1) is 16.3. The van der Waals surface area contributed by atoms with Crippen molar-refractivity contribution in [1.29, 1.82) is 0 Å². The maximum absolute atomic E-state index is 13.6. The SMILES string of the molecule is Cc1c(C#C[Si](C(C)C)(C(C)C)C(C)C)c2cnc(S(C)(=O)=O)nc2n(Cc2ccccn2)c1=O. The van der Waals surface area contributed by atoms with Crippen molar-refractivity contribution in [3.8, 4) is 11.5 Å². The fraction of sp³-hybridized carbons (Fsp3) is 0.462. The quantitative estimate of drug-likeness (QED) is 0.275. The van der Waals surface area contributed by atoms with Crippen LogP contribution in [0.1, 0.15) is 58.4 Å². The Hall–Kier alpha value is -2.83. The maximum atomic E-state index is 13.6. The average Bonchev–Trinajstić information content (AvgIpc) is 2.78. The second-order valence-electron chi connectivity index (χ2n) is 10.0. The lowest BCUT2D eigenvalue weighted by Crippen LogP contribution is -2.43. The minimum atomic E-state index is -3.67. The molecule has 0 aliphatic rings. The topological polar surface area (TPSA) is 94.8 Å². The van der Waals surface area contributed by atoms with Gasteiger partial charge in [0, 0.05) is 29.8 Å². The van der Waals surface area contributed by atoms with Crippen LogP contribution >= 0.6 is 0 Å². The van der Waals surface area contributed by atoms with E-state index in [0.29, 0.717) is 38.8 Å². The second kappa shape index (κ2) is 10.0. The first-order valence-corrected chi connectivity index (χ1v) is 16.0. The first kappa shape index (κ1) is 26.8. The summed E-state index contributed by atoms with van der Waals surface area (Å²) in [6.45, 7) is 15.3. The van der Waals surface area contributed by atoms with Crippen LogP contribution in [0.15, 0.2) is 40.5 Å². The van der Waals surface area contributed by atoms with E-state index in [2.05, 4.69) is 68.0 Å². The zero-order valence-electron chi connectivity index (χ0n) is 21.7. The molecule has 0 fully saturated rings. The summed E-state index contributed by atoms with van der Waals surface area (Å²) in [6, 6.07) is 5.45. The third-order valence-corrected chi connectivity index (χ3v) is 14.0. The summed E-state index contributed by atoms with van der Waals surface area (Å²) in [6.07, 6.45) is 4.19. The van der Waals surface area contributed by atoms with Crippen molar-refractivity contribution in [2.45, 2.75) is 76.8 Å². The summed E-state index contributed by atoms with van der Waals surface area (Å²) in [5, 5.41) is 0.245. The fourth-order valence-electron chi connectivity index (χ4n) is 5.09. The summed E-state index contributed by atoms with van der Waals surface area (Å²) in [4.78, 5) is 26.3. The lowest BCUT2D eigenvalue weighted by Gasteiger charge is -2.38. The normalized spacial score (nSPS) is 12.4. The van der Waals surface area contributed by atoms with E-state index in [9.17, 15) is 13.2 Å². The van der Waals surface area contributed by atoms with Crippen LogP contribution in [0, 0.1) is 18.4 Å².